The van der Waals surface area contributed by atoms with Crippen LogP contribution in [0.2, 0.25) is 0 Å². The fraction of sp³-hybridized carbons (Fsp3) is 0.105. The predicted molar refractivity (Wildman–Crippen MR) is 101 cm³/mol. The topological polar surface area (TPSA) is 75.7 Å². The summed E-state index contributed by atoms with van der Waals surface area (Å²) in [5, 5.41) is 2.68. The van der Waals surface area contributed by atoms with Crippen LogP contribution in [0.3, 0.4) is 0 Å². The van der Waals surface area contributed by atoms with Crippen LogP contribution in [0, 0.1) is 0 Å². The number of nitrogens with one attached hydrogen (secondary N) is 1. The summed E-state index contributed by atoms with van der Waals surface area (Å²) in [6.45, 7) is 0. The first kappa shape index (κ1) is 17.9. The van der Waals surface area contributed by atoms with Crippen LogP contribution >= 0.6 is 15.9 Å². The van der Waals surface area contributed by atoms with Crippen LogP contribution < -0.4 is 10.1 Å². The molecule has 0 bridgehead atoms. The lowest BCUT2D eigenvalue weighted by Gasteiger charge is -2.06. The second-order valence-electron chi connectivity index (χ2n) is 5.64. The van der Waals surface area contributed by atoms with E-state index in [9.17, 15) is 14.4 Å². The van der Waals surface area contributed by atoms with E-state index >= 15 is 0 Å². The summed E-state index contributed by atoms with van der Waals surface area (Å²) >= 11 is 3.38. The molecular formula is C19H15BrN2O4. The lowest BCUT2D eigenvalue weighted by Crippen LogP contribution is -2.24. The van der Waals surface area contributed by atoms with Crippen molar-refractivity contribution >= 4 is 45.4 Å². The number of hydrogen-bond donors (Lipinski definition) is 1. The molecule has 2 aromatic rings. The van der Waals surface area contributed by atoms with Crippen molar-refractivity contribution in [3.63, 3.8) is 0 Å². The standard InChI is InChI=1S/C19H15BrN2O4/c1-22-18(24)14-6-5-13(10-15(14)19(22)25)21-17(23)8-3-11-9-12(20)4-7-16(11)26-2/h3-10H,1-2H3,(H,21,23)/b8-3+. The van der Waals surface area contributed by atoms with Crippen molar-refractivity contribution in [2.45, 2.75) is 0 Å². The maximum Gasteiger partial charge on any atom is 0.261 e. The van der Waals surface area contributed by atoms with Gasteiger partial charge in [0.25, 0.3) is 11.8 Å². The average Bonchev–Trinajstić information content (AvgIpc) is 2.84. The quantitative estimate of drug-likeness (QED) is 0.614. The maximum atomic E-state index is 12.2. The number of rotatable bonds is 4. The Bertz CT molecular complexity index is 953. The number of amides is 3. The van der Waals surface area contributed by atoms with Crippen LogP contribution in [0.4, 0.5) is 5.69 Å². The minimum absolute atomic E-state index is 0.285. The first-order valence-corrected chi connectivity index (χ1v) is 8.49. The Kier molecular flexibility index (Phi) is 4.90. The lowest BCUT2D eigenvalue weighted by molar-refractivity contribution is -0.111. The Balaban J connectivity index is 1.77. The van der Waals surface area contributed by atoms with Gasteiger partial charge in [0, 0.05) is 28.8 Å². The lowest BCUT2D eigenvalue weighted by atomic mass is 10.1. The number of ether oxygens (including phenoxy) is 1. The fourth-order valence-electron chi connectivity index (χ4n) is 2.62. The number of hydrogen-bond acceptors (Lipinski definition) is 4. The van der Waals surface area contributed by atoms with Crippen molar-refractivity contribution in [2.24, 2.45) is 0 Å². The van der Waals surface area contributed by atoms with Crippen LogP contribution in [0.15, 0.2) is 46.9 Å². The van der Waals surface area contributed by atoms with Crippen molar-refractivity contribution in [1.29, 1.82) is 0 Å². The molecule has 0 spiro atoms. The van der Waals surface area contributed by atoms with Gasteiger partial charge in [0.15, 0.2) is 0 Å². The van der Waals surface area contributed by atoms with Gasteiger partial charge in [-0.3, -0.25) is 19.3 Å². The molecule has 3 amide bonds. The summed E-state index contributed by atoms with van der Waals surface area (Å²) in [5.41, 5.74) is 1.81. The Morgan fingerprint density at radius 3 is 2.58 bits per heavy atom. The molecule has 1 aliphatic rings. The highest BCUT2D eigenvalue weighted by Crippen LogP contribution is 2.26. The van der Waals surface area contributed by atoms with Crippen LogP contribution in [0.25, 0.3) is 6.08 Å². The van der Waals surface area contributed by atoms with E-state index < -0.39 is 0 Å². The molecule has 0 radical (unpaired) electrons. The third-order valence-corrected chi connectivity index (χ3v) is 4.46. The van der Waals surface area contributed by atoms with Crippen LogP contribution in [-0.2, 0) is 4.79 Å². The Morgan fingerprint density at radius 2 is 1.85 bits per heavy atom. The Hall–Kier alpha value is -2.93. The van der Waals surface area contributed by atoms with Crippen LogP contribution in [0.5, 0.6) is 5.75 Å². The largest absolute Gasteiger partial charge is 0.496 e. The van der Waals surface area contributed by atoms with Gasteiger partial charge in [0.05, 0.1) is 18.2 Å². The van der Waals surface area contributed by atoms with Gasteiger partial charge in [-0.15, -0.1) is 0 Å². The van der Waals surface area contributed by atoms with E-state index in [-0.39, 0.29) is 23.3 Å². The summed E-state index contributed by atoms with van der Waals surface area (Å²) in [6.07, 6.45) is 3.01. The molecule has 132 valence electrons. The Morgan fingerprint density at radius 1 is 1.12 bits per heavy atom. The van der Waals surface area contributed by atoms with Gasteiger partial charge in [0.2, 0.25) is 5.91 Å². The van der Waals surface area contributed by atoms with Crippen molar-refractivity contribution in [2.75, 3.05) is 19.5 Å². The van der Waals surface area contributed by atoms with Crippen LogP contribution in [0.1, 0.15) is 26.3 Å². The number of halogens is 1. The second kappa shape index (κ2) is 7.13. The van der Waals surface area contributed by atoms with E-state index in [1.165, 1.54) is 25.3 Å². The number of fused-ring (bicyclic) bond motifs is 1. The van der Waals surface area contributed by atoms with E-state index in [1.807, 2.05) is 12.1 Å². The third kappa shape index (κ3) is 3.39. The van der Waals surface area contributed by atoms with Gasteiger partial charge < -0.3 is 10.1 Å². The molecular weight excluding hydrogens is 400 g/mol. The van der Waals surface area contributed by atoms with Gasteiger partial charge in [-0.2, -0.15) is 0 Å². The molecule has 0 aromatic heterocycles. The monoisotopic (exact) mass is 414 g/mol. The van der Waals surface area contributed by atoms with Gasteiger partial charge in [-0.25, -0.2) is 0 Å². The zero-order chi connectivity index (χ0) is 18.8. The minimum Gasteiger partial charge on any atom is -0.496 e. The molecule has 0 saturated carbocycles. The highest BCUT2D eigenvalue weighted by molar-refractivity contribution is 9.10. The number of carbonyl (C=O) groups is 3. The molecule has 0 saturated heterocycles. The molecule has 0 fully saturated rings. The molecule has 26 heavy (non-hydrogen) atoms. The highest BCUT2D eigenvalue weighted by atomic mass is 79.9. The van der Waals surface area contributed by atoms with Crippen LogP contribution in [-0.4, -0.2) is 36.8 Å². The molecule has 0 unspecified atom stereocenters. The molecule has 0 atom stereocenters. The van der Waals surface area contributed by atoms with Crippen molar-refractivity contribution in [1.82, 2.24) is 4.90 Å². The molecule has 2 aromatic carbocycles. The average molecular weight is 415 g/mol. The Labute approximate surface area is 158 Å². The molecule has 1 heterocycles. The molecule has 0 aliphatic carbocycles. The molecule has 3 rings (SSSR count). The second-order valence-corrected chi connectivity index (χ2v) is 6.55. The third-order valence-electron chi connectivity index (χ3n) is 3.96. The van der Waals surface area contributed by atoms with Gasteiger partial charge in [-0.05, 0) is 42.5 Å². The number of nitrogens with zero attached hydrogens (tertiary/aromatic N) is 1. The van der Waals surface area contributed by atoms with E-state index in [2.05, 4.69) is 21.2 Å². The molecule has 6 nitrogen and oxygen atoms in total. The summed E-state index contributed by atoms with van der Waals surface area (Å²) in [6, 6.07) is 10.1. The normalized spacial score (nSPS) is 13.3. The van der Waals surface area contributed by atoms with E-state index in [1.54, 1.807) is 25.3 Å². The zero-order valence-corrected chi connectivity index (χ0v) is 15.7. The summed E-state index contributed by atoms with van der Waals surface area (Å²) in [5.74, 6) is -0.445. The number of anilines is 1. The van der Waals surface area contributed by atoms with E-state index in [4.69, 9.17) is 4.74 Å². The minimum atomic E-state index is -0.379. The van der Waals surface area contributed by atoms with Crippen molar-refractivity contribution in [3.8, 4) is 5.75 Å². The van der Waals surface area contributed by atoms with Gasteiger partial charge in [0.1, 0.15) is 5.75 Å². The van der Waals surface area contributed by atoms with E-state index in [0.29, 0.717) is 17.0 Å². The SMILES string of the molecule is COc1ccc(Br)cc1/C=C/C(=O)Nc1ccc2c(c1)C(=O)N(C)C2=O. The van der Waals surface area contributed by atoms with Gasteiger partial charge >= 0.3 is 0 Å². The molecule has 1 aliphatic heterocycles. The van der Waals surface area contributed by atoms with E-state index in [0.717, 1.165) is 14.9 Å². The maximum absolute atomic E-state index is 12.2. The van der Waals surface area contributed by atoms with Crippen molar-refractivity contribution in [3.05, 3.63) is 63.6 Å². The smallest absolute Gasteiger partial charge is 0.261 e. The van der Waals surface area contributed by atoms with Crippen molar-refractivity contribution < 1.29 is 19.1 Å². The number of methoxy groups -OCH3 is 1. The predicted octanol–water partition coefficient (Wildman–Crippen LogP) is 3.34. The number of carbonyl (C=O) groups excluding carboxylic acids is 3. The number of benzene rings is 2. The fourth-order valence-corrected chi connectivity index (χ4v) is 3.00. The summed E-state index contributed by atoms with van der Waals surface area (Å²) in [4.78, 5) is 37.1. The zero-order valence-electron chi connectivity index (χ0n) is 14.1. The molecule has 1 N–H and O–H groups in total. The first-order chi connectivity index (χ1) is 12.4. The highest BCUT2D eigenvalue weighted by Gasteiger charge is 2.32. The summed E-state index contributed by atoms with van der Waals surface area (Å²) in [7, 11) is 2.98. The van der Waals surface area contributed by atoms with Gasteiger partial charge in [-0.1, -0.05) is 15.9 Å². The summed E-state index contributed by atoms with van der Waals surface area (Å²) < 4.78 is 6.12. The number of imide groups is 1. The molecule has 7 heteroatoms. The first-order valence-electron chi connectivity index (χ1n) is 7.69.